The van der Waals surface area contributed by atoms with Gasteiger partial charge in [-0.25, -0.2) is 0 Å². The van der Waals surface area contributed by atoms with Crippen LogP contribution >= 0.6 is 11.8 Å². The summed E-state index contributed by atoms with van der Waals surface area (Å²) in [5.41, 5.74) is 0. The standard InChI is InChI=1S/C14H25N5OS/c1-4-5-15-12-16-13(19-6-8-20-9-7-19)18-14(17-12)21-10-11(2)3/h11H,4-10H2,1-3H3,(H,15,16,17,18). The van der Waals surface area contributed by atoms with Crippen LogP contribution in [0, 0.1) is 5.92 Å². The number of morpholine rings is 1. The van der Waals surface area contributed by atoms with Crippen molar-refractivity contribution in [3.63, 3.8) is 0 Å². The second kappa shape index (κ2) is 8.38. The fourth-order valence-corrected chi connectivity index (χ4v) is 2.65. The van der Waals surface area contributed by atoms with Crippen molar-refractivity contribution in [3.8, 4) is 0 Å². The molecule has 1 aromatic heterocycles. The molecule has 0 saturated carbocycles. The van der Waals surface area contributed by atoms with Crippen LogP contribution in [0.4, 0.5) is 11.9 Å². The zero-order valence-corrected chi connectivity index (χ0v) is 13.9. The highest BCUT2D eigenvalue weighted by Gasteiger charge is 2.16. The Morgan fingerprint density at radius 3 is 2.67 bits per heavy atom. The fourth-order valence-electron chi connectivity index (χ4n) is 1.87. The van der Waals surface area contributed by atoms with E-state index >= 15 is 0 Å². The average Bonchev–Trinajstić information content (AvgIpc) is 2.51. The Balaban J connectivity index is 2.14. The molecule has 7 heteroatoms. The SMILES string of the molecule is CCCNc1nc(SCC(C)C)nc(N2CCOCC2)n1. The van der Waals surface area contributed by atoms with Gasteiger partial charge in [0, 0.05) is 25.4 Å². The third-order valence-electron chi connectivity index (χ3n) is 2.98. The molecule has 21 heavy (non-hydrogen) atoms. The summed E-state index contributed by atoms with van der Waals surface area (Å²) in [5.74, 6) is 3.07. The third-order valence-corrected chi connectivity index (χ3v) is 4.25. The number of hydrogen-bond acceptors (Lipinski definition) is 7. The van der Waals surface area contributed by atoms with E-state index in [1.807, 2.05) is 0 Å². The molecule has 6 nitrogen and oxygen atoms in total. The van der Waals surface area contributed by atoms with Crippen molar-refractivity contribution in [2.45, 2.75) is 32.3 Å². The van der Waals surface area contributed by atoms with Gasteiger partial charge in [0.1, 0.15) is 0 Å². The Kier molecular flexibility index (Phi) is 6.50. The van der Waals surface area contributed by atoms with E-state index in [4.69, 9.17) is 4.74 Å². The van der Waals surface area contributed by atoms with Crippen molar-refractivity contribution >= 4 is 23.7 Å². The normalized spacial score (nSPS) is 15.5. The van der Waals surface area contributed by atoms with Crippen LogP contribution in [0.2, 0.25) is 0 Å². The first kappa shape index (κ1) is 16.3. The molecule has 0 radical (unpaired) electrons. The van der Waals surface area contributed by atoms with Crippen LogP contribution in [0.3, 0.4) is 0 Å². The Hall–Kier alpha value is -1.08. The molecule has 2 rings (SSSR count). The Bertz CT molecular complexity index is 437. The van der Waals surface area contributed by atoms with Crippen LogP contribution in [0.15, 0.2) is 5.16 Å². The van der Waals surface area contributed by atoms with E-state index in [2.05, 4.69) is 45.9 Å². The molecule has 118 valence electrons. The Morgan fingerprint density at radius 2 is 2.00 bits per heavy atom. The van der Waals surface area contributed by atoms with Gasteiger partial charge in [-0.1, -0.05) is 32.5 Å². The maximum atomic E-state index is 5.39. The highest BCUT2D eigenvalue weighted by Crippen LogP contribution is 2.21. The van der Waals surface area contributed by atoms with Crippen LogP contribution in [0.25, 0.3) is 0 Å². The predicted molar refractivity (Wildman–Crippen MR) is 87.2 cm³/mol. The van der Waals surface area contributed by atoms with Gasteiger partial charge in [-0.15, -0.1) is 0 Å². The molecular weight excluding hydrogens is 286 g/mol. The van der Waals surface area contributed by atoms with E-state index < -0.39 is 0 Å². The van der Waals surface area contributed by atoms with Crippen molar-refractivity contribution in [1.82, 2.24) is 15.0 Å². The summed E-state index contributed by atoms with van der Waals surface area (Å²) in [6.07, 6.45) is 1.05. The molecular formula is C14H25N5OS. The van der Waals surface area contributed by atoms with Gasteiger partial charge >= 0.3 is 0 Å². The fraction of sp³-hybridized carbons (Fsp3) is 0.786. The van der Waals surface area contributed by atoms with Crippen LogP contribution in [-0.2, 0) is 4.74 Å². The summed E-state index contributed by atoms with van der Waals surface area (Å²) < 4.78 is 5.39. The average molecular weight is 311 g/mol. The molecule has 1 N–H and O–H groups in total. The highest BCUT2D eigenvalue weighted by atomic mass is 32.2. The maximum absolute atomic E-state index is 5.39. The van der Waals surface area contributed by atoms with Crippen LogP contribution < -0.4 is 10.2 Å². The summed E-state index contributed by atoms with van der Waals surface area (Å²) in [7, 11) is 0. The lowest BCUT2D eigenvalue weighted by Crippen LogP contribution is -2.37. The summed E-state index contributed by atoms with van der Waals surface area (Å²) in [6.45, 7) is 10.6. The van der Waals surface area contributed by atoms with Crippen LogP contribution in [0.5, 0.6) is 0 Å². The monoisotopic (exact) mass is 311 g/mol. The van der Waals surface area contributed by atoms with Gasteiger partial charge in [0.05, 0.1) is 13.2 Å². The van der Waals surface area contributed by atoms with Crippen LogP contribution in [-0.4, -0.2) is 53.6 Å². The van der Waals surface area contributed by atoms with Gasteiger partial charge in [-0.3, -0.25) is 0 Å². The molecule has 1 fully saturated rings. The predicted octanol–water partition coefficient (Wildman–Crippen LogP) is 2.28. The number of thioether (sulfide) groups is 1. The number of nitrogens with one attached hydrogen (secondary N) is 1. The minimum Gasteiger partial charge on any atom is -0.378 e. The molecule has 1 aliphatic rings. The summed E-state index contributed by atoms with van der Waals surface area (Å²) in [5, 5.41) is 4.07. The van der Waals surface area contributed by atoms with E-state index in [0.717, 1.165) is 56.1 Å². The molecule has 1 aromatic rings. The van der Waals surface area contributed by atoms with Gasteiger partial charge < -0.3 is 15.0 Å². The van der Waals surface area contributed by atoms with Gasteiger partial charge in [0.2, 0.25) is 11.9 Å². The first-order valence-corrected chi connectivity index (χ1v) is 8.63. The number of rotatable bonds is 7. The third kappa shape index (κ3) is 5.32. The van der Waals surface area contributed by atoms with Crippen molar-refractivity contribution in [1.29, 1.82) is 0 Å². The Morgan fingerprint density at radius 1 is 1.24 bits per heavy atom. The molecule has 0 aromatic carbocycles. The van der Waals surface area contributed by atoms with E-state index in [0.29, 0.717) is 11.9 Å². The minimum absolute atomic E-state index is 0.616. The summed E-state index contributed by atoms with van der Waals surface area (Å²) >= 11 is 1.69. The minimum atomic E-state index is 0.616. The lowest BCUT2D eigenvalue weighted by Gasteiger charge is -2.27. The number of hydrogen-bond donors (Lipinski definition) is 1. The molecule has 1 saturated heterocycles. The van der Waals surface area contributed by atoms with Crippen molar-refractivity contribution in [3.05, 3.63) is 0 Å². The Labute approximate surface area is 131 Å². The zero-order valence-electron chi connectivity index (χ0n) is 13.1. The first-order chi connectivity index (χ1) is 10.2. The van der Waals surface area contributed by atoms with Crippen LogP contribution in [0.1, 0.15) is 27.2 Å². The zero-order chi connectivity index (χ0) is 15.1. The van der Waals surface area contributed by atoms with Gasteiger partial charge in [-0.2, -0.15) is 15.0 Å². The first-order valence-electron chi connectivity index (χ1n) is 7.64. The van der Waals surface area contributed by atoms with E-state index in [1.165, 1.54) is 0 Å². The number of aromatic nitrogens is 3. The molecule has 0 bridgehead atoms. The molecule has 1 aliphatic heterocycles. The van der Waals surface area contributed by atoms with Crippen molar-refractivity contribution < 1.29 is 4.74 Å². The van der Waals surface area contributed by atoms with E-state index in [9.17, 15) is 0 Å². The largest absolute Gasteiger partial charge is 0.378 e. The number of ether oxygens (including phenoxy) is 1. The van der Waals surface area contributed by atoms with Gasteiger partial charge in [-0.05, 0) is 12.3 Å². The molecule has 0 unspecified atom stereocenters. The second-order valence-electron chi connectivity index (χ2n) is 5.47. The molecule has 2 heterocycles. The highest BCUT2D eigenvalue weighted by molar-refractivity contribution is 7.99. The second-order valence-corrected chi connectivity index (χ2v) is 6.46. The van der Waals surface area contributed by atoms with Crippen molar-refractivity contribution in [2.24, 2.45) is 5.92 Å². The topological polar surface area (TPSA) is 63.2 Å². The maximum Gasteiger partial charge on any atom is 0.231 e. The summed E-state index contributed by atoms with van der Waals surface area (Å²) in [6, 6.07) is 0. The van der Waals surface area contributed by atoms with Gasteiger partial charge in [0.25, 0.3) is 0 Å². The lowest BCUT2D eigenvalue weighted by molar-refractivity contribution is 0.122. The van der Waals surface area contributed by atoms with E-state index in [1.54, 1.807) is 11.8 Å². The molecule has 0 spiro atoms. The molecule has 0 amide bonds. The quantitative estimate of drug-likeness (QED) is 0.775. The smallest absolute Gasteiger partial charge is 0.231 e. The number of anilines is 2. The lowest BCUT2D eigenvalue weighted by atomic mass is 10.3. The molecule has 0 aliphatic carbocycles. The summed E-state index contributed by atoms with van der Waals surface area (Å²) in [4.78, 5) is 15.8. The van der Waals surface area contributed by atoms with Crippen molar-refractivity contribution in [2.75, 3.05) is 48.8 Å². The molecule has 0 atom stereocenters. The number of nitrogens with zero attached hydrogens (tertiary/aromatic N) is 4. The van der Waals surface area contributed by atoms with Gasteiger partial charge in [0.15, 0.2) is 5.16 Å². The van der Waals surface area contributed by atoms with E-state index in [-0.39, 0.29) is 0 Å².